The molecular weight excluding hydrogens is 334 g/mol. The maximum absolute atomic E-state index is 12.9. The lowest BCUT2D eigenvalue weighted by Gasteiger charge is -2.25. The van der Waals surface area contributed by atoms with Crippen molar-refractivity contribution >= 4 is 34.1 Å². The number of aromatic nitrogens is 1. The first-order valence-electron chi connectivity index (χ1n) is 8.38. The SMILES string of the molecule is O=C(Nc1cccc2cnccc12)N1CCCC1c1cccc(Cl)c1. The van der Waals surface area contributed by atoms with Crippen LogP contribution in [0.4, 0.5) is 10.5 Å². The van der Waals surface area contributed by atoms with Crippen molar-refractivity contribution in [3.63, 3.8) is 0 Å². The number of nitrogens with zero attached hydrogens (tertiary/aromatic N) is 2. The highest BCUT2D eigenvalue weighted by molar-refractivity contribution is 6.30. The number of fused-ring (bicyclic) bond motifs is 1. The van der Waals surface area contributed by atoms with Crippen LogP contribution in [0.15, 0.2) is 60.9 Å². The number of likely N-dealkylation sites (tertiary alicyclic amines) is 1. The van der Waals surface area contributed by atoms with Crippen molar-refractivity contribution in [1.29, 1.82) is 0 Å². The minimum absolute atomic E-state index is 0.0651. The third-order valence-corrected chi connectivity index (χ3v) is 4.90. The van der Waals surface area contributed by atoms with Crippen LogP contribution in [-0.2, 0) is 0 Å². The maximum Gasteiger partial charge on any atom is 0.322 e. The van der Waals surface area contributed by atoms with Crippen LogP contribution in [0.3, 0.4) is 0 Å². The van der Waals surface area contributed by atoms with E-state index in [1.807, 2.05) is 53.4 Å². The quantitative estimate of drug-likeness (QED) is 0.684. The molecule has 1 atom stereocenters. The summed E-state index contributed by atoms with van der Waals surface area (Å²) < 4.78 is 0. The fraction of sp³-hybridized carbons (Fsp3) is 0.200. The standard InChI is InChI=1S/C20H18ClN3O/c21-16-6-1-4-14(12-16)19-8-3-11-24(19)20(25)23-18-7-2-5-15-13-22-10-9-17(15)18/h1-2,4-7,9-10,12-13,19H,3,8,11H2,(H,23,25). The summed E-state index contributed by atoms with van der Waals surface area (Å²) >= 11 is 6.12. The second-order valence-corrected chi connectivity index (χ2v) is 6.68. The zero-order valence-electron chi connectivity index (χ0n) is 13.7. The molecule has 1 N–H and O–H groups in total. The largest absolute Gasteiger partial charge is 0.322 e. The van der Waals surface area contributed by atoms with Crippen LogP contribution in [0.2, 0.25) is 5.02 Å². The van der Waals surface area contributed by atoms with Gasteiger partial charge in [0.1, 0.15) is 0 Å². The second kappa shape index (κ2) is 6.73. The molecule has 1 aliphatic heterocycles. The summed E-state index contributed by atoms with van der Waals surface area (Å²) in [5.74, 6) is 0. The molecule has 2 amide bonds. The zero-order valence-corrected chi connectivity index (χ0v) is 14.4. The van der Waals surface area contributed by atoms with Crippen molar-refractivity contribution in [1.82, 2.24) is 9.88 Å². The van der Waals surface area contributed by atoms with Crippen molar-refractivity contribution in [2.75, 3.05) is 11.9 Å². The highest BCUT2D eigenvalue weighted by atomic mass is 35.5. The summed E-state index contributed by atoms with van der Waals surface area (Å²) in [7, 11) is 0. The van der Waals surface area contributed by atoms with Gasteiger partial charge in [0.15, 0.2) is 0 Å². The molecule has 4 rings (SSSR count). The number of amides is 2. The number of hydrogen-bond donors (Lipinski definition) is 1. The molecule has 2 heterocycles. The minimum Gasteiger partial charge on any atom is -0.317 e. The topological polar surface area (TPSA) is 45.2 Å². The third kappa shape index (κ3) is 3.17. The fourth-order valence-corrected chi connectivity index (χ4v) is 3.69. The van der Waals surface area contributed by atoms with Crippen LogP contribution in [0.25, 0.3) is 10.8 Å². The molecule has 1 aliphatic rings. The number of anilines is 1. The Hall–Kier alpha value is -2.59. The number of rotatable bonds is 2. The van der Waals surface area contributed by atoms with E-state index < -0.39 is 0 Å². The van der Waals surface area contributed by atoms with Gasteiger partial charge in [0.25, 0.3) is 0 Å². The lowest BCUT2D eigenvalue weighted by Crippen LogP contribution is -2.34. The molecule has 2 aromatic carbocycles. The molecule has 1 aromatic heterocycles. The lowest BCUT2D eigenvalue weighted by molar-refractivity contribution is 0.207. The van der Waals surface area contributed by atoms with E-state index in [0.29, 0.717) is 5.02 Å². The first kappa shape index (κ1) is 15.9. The van der Waals surface area contributed by atoms with E-state index in [1.54, 1.807) is 12.4 Å². The van der Waals surface area contributed by atoms with Gasteiger partial charge in [0, 0.05) is 34.7 Å². The Bertz CT molecular complexity index is 922. The van der Waals surface area contributed by atoms with Gasteiger partial charge in [-0.3, -0.25) is 4.98 Å². The molecule has 1 unspecified atom stereocenters. The van der Waals surface area contributed by atoms with Crippen LogP contribution in [-0.4, -0.2) is 22.5 Å². The summed E-state index contributed by atoms with van der Waals surface area (Å²) in [6.07, 6.45) is 5.48. The molecule has 0 saturated carbocycles. The average molecular weight is 352 g/mol. The first-order chi connectivity index (χ1) is 12.2. The number of carbonyl (C=O) groups is 1. The number of urea groups is 1. The molecule has 3 aromatic rings. The summed E-state index contributed by atoms with van der Waals surface area (Å²) in [5, 5.41) is 5.77. The van der Waals surface area contributed by atoms with Crippen LogP contribution < -0.4 is 5.32 Å². The van der Waals surface area contributed by atoms with Gasteiger partial charge in [-0.05, 0) is 42.7 Å². The molecule has 1 fully saturated rings. The van der Waals surface area contributed by atoms with E-state index >= 15 is 0 Å². The number of benzene rings is 2. The molecule has 0 aliphatic carbocycles. The van der Waals surface area contributed by atoms with Gasteiger partial charge in [0.05, 0.1) is 11.7 Å². The smallest absolute Gasteiger partial charge is 0.317 e. The Morgan fingerprint density at radius 3 is 2.96 bits per heavy atom. The van der Waals surface area contributed by atoms with Gasteiger partial charge in [-0.1, -0.05) is 35.9 Å². The van der Waals surface area contributed by atoms with Crippen LogP contribution in [0, 0.1) is 0 Å². The molecule has 25 heavy (non-hydrogen) atoms. The first-order valence-corrected chi connectivity index (χ1v) is 8.76. The highest BCUT2D eigenvalue weighted by Crippen LogP contribution is 2.34. The fourth-order valence-electron chi connectivity index (χ4n) is 3.49. The van der Waals surface area contributed by atoms with E-state index in [1.165, 1.54) is 0 Å². The van der Waals surface area contributed by atoms with Gasteiger partial charge in [0.2, 0.25) is 0 Å². The lowest BCUT2D eigenvalue weighted by atomic mass is 10.0. The van der Waals surface area contributed by atoms with Crippen molar-refractivity contribution in [3.8, 4) is 0 Å². The number of pyridine rings is 1. The summed E-state index contributed by atoms with van der Waals surface area (Å²) in [6, 6.07) is 15.5. The van der Waals surface area contributed by atoms with Crippen molar-refractivity contribution in [2.45, 2.75) is 18.9 Å². The molecule has 0 bridgehead atoms. The number of carbonyl (C=O) groups excluding carboxylic acids is 1. The van der Waals surface area contributed by atoms with Crippen LogP contribution in [0.5, 0.6) is 0 Å². The Kier molecular flexibility index (Phi) is 4.28. The Morgan fingerprint density at radius 2 is 2.08 bits per heavy atom. The summed E-state index contributed by atoms with van der Waals surface area (Å²) in [5.41, 5.74) is 1.89. The third-order valence-electron chi connectivity index (χ3n) is 4.67. The summed E-state index contributed by atoms with van der Waals surface area (Å²) in [4.78, 5) is 18.9. The van der Waals surface area contributed by atoms with Gasteiger partial charge < -0.3 is 10.2 Å². The predicted molar refractivity (Wildman–Crippen MR) is 101 cm³/mol. The Labute approximate surface area is 151 Å². The normalized spacial score (nSPS) is 17.0. The number of hydrogen-bond acceptors (Lipinski definition) is 2. The monoisotopic (exact) mass is 351 g/mol. The van der Waals surface area contributed by atoms with Crippen molar-refractivity contribution in [3.05, 3.63) is 71.5 Å². The van der Waals surface area contributed by atoms with Crippen LogP contribution in [0.1, 0.15) is 24.4 Å². The van der Waals surface area contributed by atoms with E-state index in [0.717, 1.165) is 41.4 Å². The van der Waals surface area contributed by atoms with E-state index in [4.69, 9.17) is 11.6 Å². The Morgan fingerprint density at radius 1 is 1.20 bits per heavy atom. The number of nitrogens with one attached hydrogen (secondary N) is 1. The second-order valence-electron chi connectivity index (χ2n) is 6.24. The molecule has 1 saturated heterocycles. The Balaban J connectivity index is 1.59. The highest BCUT2D eigenvalue weighted by Gasteiger charge is 2.30. The summed E-state index contributed by atoms with van der Waals surface area (Å²) in [6.45, 7) is 0.745. The van der Waals surface area contributed by atoms with E-state index in [9.17, 15) is 4.79 Å². The maximum atomic E-state index is 12.9. The zero-order chi connectivity index (χ0) is 17.2. The predicted octanol–water partition coefficient (Wildman–Crippen LogP) is 5.26. The molecule has 126 valence electrons. The molecular formula is C20H18ClN3O. The molecule has 4 nitrogen and oxygen atoms in total. The molecule has 0 radical (unpaired) electrons. The number of halogens is 1. The van der Waals surface area contributed by atoms with Gasteiger partial charge in [-0.15, -0.1) is 0 Å². The van der Waals surface area contributed by atoms with Crippen LogP contribution >= 0.6 is 11.6 Å². The van der Waals surface area contributed by atoms with E-state index in [2.05, 4.69) is 10.3 Å². The minimum atomic E-state index is -0.0770. The molecule has 5 heteroatoms. The van der Waals surface area contributed by atoms with Gasteiger partial charge in [-0.2, -0.15) is 0 Å². The average Bonchev–Trinajstić information content (AvgIpc) is 3.12. The van der Waals surface area contributed by atoms with Gasteiger partial charge >= 0.3 is 6.03 Å². The molecule has 0 spiro atoms. The van der Waals surface area contributed by atoms with E-state index in [-0.39, 0.29) is 12.1 Å². The van der Waals surface area contributed by atoms with Crippen molar-refractivity contribution < 1.29 is 4.79 Å². The van der Waals surface area contributed by atoms with Crippen molar-refractivity contribution in [2.24, 2.45) is 0 Å². The van der Waals surface area contributed by atoms with Gasteiger partial charge in [-0.25, -0.2) is 4.79 Å².